The molecule has 1 fully saturated rings. The van der Waals surface area contributed by atoms with Gasteiger partial charge in [0.15, 0.2) is 6.10 Å². The van der Waals surface area contributed by atoms with Crippen molar-refractivity contribution >= 4 is 11.8 Å². The molecular formula is C17H24N2O3. The van der Waals surface area contributed by atoms with Crippen molar-refractivity contribution in [1.82, 2.24) is 10.2 Å². The molecule has 0 spiro atoms. The second-order valence-electron chi connectivity index (χ2n) is 5.71. The number of ether oxygens (including phenoxy) is 1. The van der Waals surface area contributed by atoms with Crippen molar-refractivity contribution in [2.24, 2.45) is 0 Å². The van der Waals surface area contributed by atoms with Crippen molar-refractivity contribution in [3.05, 3.63) is 29.8 Å². The molecular weight excluding hydrogens is 280 g/mol. The van der Waals surface area contributed by atoms with E-state index in [-0.39, 0.29) is 11.8 Å². The van der Waals surface area contributed by atoms with Gasteiger partial charge in [0, 0.05) is 26.1 Å². The van der Waals surface area contributed by atoms with Gasteiger partial charge in [-0.15, -0.1) is 0 Å². The van der Waals surface area contributed by atoms with E-state index in [0.29, 0.717) is 25.3 Å². The van der Waals surface area contributed by atoms with Crippen molar-refractivity contribution in [2.75, 3.05) is 19.6 Å². The van der Waals surface area contributed by atoms with Crippen molar-refractivity contribution in [2.45, 2.75) is 39.2 Å². The van der Waals surface area contributed by atoms with Gasteiger partial charge in [0.05, 0.1) is 0 Å². The van der Waals surface area contributed by atoms with Crippen molar-refractivity contribution in [3.8, 4) is 5.75 Å². The molecule has 0 radical (unpaired) electrons. The summed E-state index contributed by atoms with van der Waals surface area (Å²) in [5.41, 5.74) is 1.10. The number of nitrogens with zero attached hydrogens (tertiary/aromatic N) is 1. The molecule has 1 aliphatic heterocycles. The number of amides is 2. The number of hydrogen-bond donors (Lipinski definition) is 1. The first-order valence-corrected chi connectivity index (χ1v) is 7.85. The minimum absolute atomic E-state index is 0.130. The number of benzene rings is 1. The second-order valence-corrected chi connectivity index (χ2v) is 5.71. The SMILES string of the molecule is Cc1cccc(OC(C)C(=O)NCCCN2CCCC2=O)c1. The van der Waals surface area contributed by atoms with Gasteiger partial charge in [-0.25, -0.2) is 0 Å². The highest BCUT2D eigenvalue weighted by Gasteiger charge is 2.19. The summed E-state index contributed by atoms with van der Waals surface area (Å²) in [6.07, 6.45) is 1.85. The summed E-state index contributed by atoms with van der Waals surface area (Å²) in [6.45, 7) is 5.84. The van der Waals surface area contributed by atoms with Crippen LogP contribution < -0.4 is 10.1 Å². The first-order valence-electron chi connectivity index (χ1n) is 7.85. The van der Waals surface area contributed by atoms with E-state index in [1.807, 2.05) is 36.1 Å². The predicted molar refractivity (Wildman–Crippen MR) is 84.7 cm³/mol. The third kappa shape index (κ3) is 4.76. The van der Waals surface area contributed by atoms with Crippen LogP contribution in [0.4, 0.5) is 0 Å². The van der Waals surface area contributed by atoms with Crippen LogP contribution in [0.15, 0.2) is 24.3 Å². The largest absolute Gasteiger partial charge is 0.481 e. The van der Waals surface area contributed by atoms with Gasteiger partial charge in [0.25, 0.3) is 5.91 Å². The number of carbonyl (C=O) groups is 2. The smallest absolute Gasteiger partial charge is 0.260 e. The predicted octanol–water partition coefficient (Wildman–Crippen LogP) is 1.89. The van der Waals surface area contributed by atoms with Crippen LogP contribution in [0, 0.1) is 6.92 Å². The van der Waals surface area contributed by atoms with Gasteiger partial charge in [-0.3, -0.25) is 9.59 Å². The summed E-state index contributed by atoms with van der Waals surface area (Å²) in [6, 6.07) is 7.64. The Hall–Kier alpha value is -2.04. The average molecular weight is 304 g/mol. The zero-order chi connectivity index (χ0) is 15.9. The van der Waals surface area contributed by atoms with Crippen LogP contribution in [-0.2, 0) is 9.59 Å². The normalized spacial score (nSPS) is 15.7. The van der Waals surface area contributed by atoms with Gasteiger partial charge in [-0.2, -0.15) is 0 Å². The molecule has 1 unspecified atom stereocenters. The van der Waals surface area contributed by atoms with E-state index >= 15 is 0 Å². The van der Waals surface area contributed by atoms with Crippen molar-refractivity contribution in [3.63, 3.8) is 0 Å². The fourth-order valence-corrected chi connectivity index (χ4v) is 2.51. The highest BCUT2D eigenvalue weighted by molar-refractivity contribution is 5.80. The molecule has 1 N–H and O–H groups in total. The van der Waals surface area contributed by atoms with Gasteiger partial charge in [-0.1, -0.05) is 12.1 Å². The topological polar surface area (TPSA) is 58.6 Å². The maximum absolute atomic E-state index is 12.0. The number of rotatable bonds is 7. The summed E-state index contributed by atoms with van der Waals surface area (Å²) in [4.78, 5) is 25.3. The molecule has 22 heavy (non-hydrogen) atoms. The van der Waals surface area contributed by atoms with Crippen LogP contribution in [0.2, 0.25) is 0 Å². The van der Waals surface area contributed by atoms with Crippen molar-refractivity contribution < 1.29 is 14.3 Å². The van der Waals surface area contributed by atoms with Gasteiger partial charge < -0.3 is 15.0 Å². The third-order valence-electron chi connectivity index (χ3n) is 3.75. The van der Waals surface area contributed by atoms with E-state index < -0.39 is 6.10 Å². The lowest BCUT2D eigenvalue weighted by Gasteiger charge is -2.17. The number of nitrogens with one attached hydrogen (secondary N) is 1. The monoisotopic (exact) mass is 304 g/mol. The Morgan fingerprint density at radius 2 is 2.27 bits per heavy atom. The molecule has 1 heterocycles. The van der Waals surface area contributed by atoms with E-state index in [4.69, 9.17) is 4.74 Å². The molecule has 1 aromatic carbocycles. The van der Waals surface area contributed by atoms with Crippen LogP contribution in [-0.4, -0.2) is 42.5 Å². The summed E-state index contributed by atoms with van der Waals surface area (Å²) in [7, 11) is 0. The maximum Gasteiger partial charge on any atom is 0.260 e. The molecule has 1 aromatic rings. The minimum Gasteiger partial charge on any atom is -0.481 e. The Balaban J connectivity index is 1.67. The lowest BCUT2D eigenvalue weighted by atomic mass is 10.2. The highest BCUT2D eigenvalue weighted by Crippen LogP contribution is 2.14. The van der Waals surface area contributed by atoms with Gasteiger partial charge in [0.1, 0.15) is 5.75 Å². The highest BCUT2D eigenvalue weighted by atomic mass is 16.5. The van der Waals surface area contributed by atoms with E-state index in [9.17, 15) is 9.59 Å². The summed E-state index contributed by atoms with van der Waals surface area (Å²) in [5, 5.41) is 2.85. The number of aryl methyl sites for hydroxylation is 1. The minimum atomic E-state index is -0.532. The Labute approximate surface area is 131 Å². The molecule has 1 aliphatic rings. The lowest BCUT2D eigenvalue weighted by molar-refractivity contribution is -0.127. The summed E-state index contributed by atoms with van der Waals surface area (Å²) < 4.78 is 5.63. The van der Waals surface area contributed by atoms with Crippen LogP contribution >= 0.6 is 0 Å². The van der Waals surface area contributed by atoms with Crippen LogP contribution in [0.25, 0.3) is 0 Å². The van der Waals surface area contributed by atoms with E-state index in [0.717, 1.165) is 24.9 Å². The Morgan fingerprint density at radius 1 is 1.45 bits per heavy atom. The van der Waals surface area contributed by atoms with Crippen LogP contribution in [0.1, 0.15) is 31.7 Å². The van der Waals surface area contributed by atoms with Gasteiger partial charge in [0.2, 0.25) is 5.91 Å². The van der Waals surface area contributed by atoms with Crippen LogP contribution in [0.5, 0.6) is 5.75 Å². The molecule has 5 nitrogen and oxygen atoms in total. The molecule has 0 aliphatic carbocycles. The molecule has 2 amide bonds. The first-order chi connectivity index (χ1) is 10.6. The summed E-state index contributed by atoms with van der Waals surface area (Å²) in [5.74, 6) is 0.794. The maximum atomic E-state index is 12.0. The zero-order valence-electron chi connectivity index (χ0n) is 13.3. The molecule has 0 saturated carbocycles. The molecule has 1 saturated heterocycles. The van der Waals surface area contributed by atoms with Crippen LogP contribution in [0.3, 0.4) is 0 Å². The first kappa shape index (κ1) is 16.3. The summed E-state index contributed by atoms with van der Waals surface area (Å²) >= 11 is 0. The number of likely N-dealkylation sites (tertiary alicyclic amines) is 1. The molecule has 1 atom stereocenters. The molecule has 0 bridgehead atoms. The van der Waals surface area contributed by atoms with E-state index in [2.05, 4.69) is 5.32 Å². The third-order valence-corrected chi connectivity index (χ3v) is 3.75. The zero-order valence-corrected chi connectivity index (χ0v) is 13.3. The van der Waals surface area contributed by atoms with E-state index in [1.54, 1.807) is 6.92 Å². The fourth-order valence-electron chi connectivity index (χ4n) is 2.51. The Kier molecular flexibility index (Phi) is 5.81. The lowest BCUT2D eigenvalue weighted by Crippen LogP contribution is -2.38. The fraction of sp³-hybridized carbons (Fsp3) is 0.529. The Morgan fingerprint density at radius 3 is 2.95 bits per heavy atom. The molecule has 2 rings (SSSR count). The molecule has 120 valence electrons. The average Bonchev–Trinajstić information content (AvgIpc) is 2.88. The molecule has 0 aromatic heterocycles. The van der Waals surface area contributed by atoms with Crippen molar-refractivity contribution in [1.29, 1.82) is 0 Å². The van der Waals surface area contributed by atoms with Gasteiger partial charge in [-0.05, 0) is 44.4 Å². The number of carbonyl (C=O) groups excluding carboxylic acids is 2. The molecule has 5 heteroatoms. The Bertz CT molecular complexity index is 530. The second kappa shape index (κ2) is 7.82. The van der Waals surface area contributed by atoms with E-state index in [1.165, 1.54) is 0 Å². The quantitative estimate of drug-likeness (QED) is 0.783. The van der Waals surface area contributed by atoms with Gasteiger partial charge >= 0.3 is 0 Å². The number of hydrogen-bond acceptors (Lipinski definition) is 3. The standard InChI is InChI=1S/C17H24N2O3/c1-13-6-3-7-15(12-13)22-14(2)17(21)18-9-5-11-19-10-4-8-16(19)20/h3,6-7,12,14H,4-5,8-11H2,1-2H3,(H,18,21).